The predicted octanol–water partition coefficient (Wildman–Crippen LogP) is 6.08. The number of nitrogens with zero attached hydrogens (tertiary/aromatic N) is 1. The quantitative estimate of drug-likeness (QED) is 0.456. The van der Waals surface area contributed by atoms with E-state index in [0.29, 0.717) is 16.8 Å². The summed E-state index contributed by atoms with van der Waals surface area (Å²) < 4.78 is 40.0. The lowest BCUT2D eigenvalue weighted by Gasteiger charge is -2.30. The van der Waals surface area contributed by atoms with Crippen LogP contribution in [0.3, 0.4) is 0 Å². The highest BCUT2D eigenvalue weighted by Crippen LogP contribution is 2.49. The molecule has 0 saturated carbocycles. The number of anilines is 1. The molecule has 3 atom stereocenters. The molecule has 1 aliphatic heterocycles. The Kier molecular flexibility index (Phi) is 5.16. The van der Waals surface area contributed by atoms with E-state index in [1.165, 1.54) is 11.0 Å². The van der Waals surface area contributed by atoms with Crippen molar-refractivity contribution in [1.82, 2.24) is 0 Å². The van der Waals surface area contributed by atoms with Crippen LogP contribution in [-0.4, -0.2) is 11.8 Å². The van der Waals surface area contributed by atoms with Crippen LogP contribution >= 0.6 is 0 Å². The molecular formula is C27H20F3NO2. The Morgan fingerprint density at radius 3 is 2.12 bits per heavy atom. The monoisotopic (exact) mass is 447 g/mol. The van der Waals surface area contributed by atoms with Crippen molar-refractivity contribution >= 4 is 23.1 Å². The van der Waals surface area contributed by atoms with E-state index in [4.69, 9.17) is 0 Å². The van der Waals surface area contributed by atoms with Gasteiger partial charge in [-0.2, -0.15) is 13.2 Å². The molecule has 1 aliphatic carbocycles. The van der Waals surface area contributed by atoms with Crippen LogP contribution < -0.4 is 4.90 Å². The van der Waals surface area contributed by atoms with E-state index in [9.17, 15) is 22.8 Å². The number of fused-ring (bicyclic) bond motifs is 1. The highest BCUT2D eigenvalue weighted by molar-refractivity contribution is 6.23. The summed E-state index contributed by atoms with van der Waals surface area (Å²) >= 11 is 0. The van der Waals surface area contributed by atoms with Gasteiger partial charge in [0.1, 0.15) is 0 Å². The van der Waals surface area contributed by atoms with Gasteiger partial charge in [0.05, 0.1) is 23.1 Å². The van der Waals surface area contributed by atoms with Crippen LogP contribution in [0.15, 0.2) is 91.0 Å². The second kappa shape index (κ2) is 8.03. The molecular weight excluding hydrogens is 427 g/mol. The number of halogens is 3. The smallest absolute Gasteiger partial charge is 0.274 e. The third-order valence-corrected chi connectivity index (χ3v) is 6.44. The van der Waals surface area contributed by atoms with Crippen molar-refractivity contribution in [3.05, 3.63) is 108 Å². The van der Waals surface area contributed by atoms with Gasteiger partial charge in [-0.1, -0.05) is 66.7 Å². The van der Waals surface area contributed by atoms with Gasteiger partial charge >= 0.3 is 6.18 Å². The molecule has 166 valence electrons. The number of allylic oxidation sites excluding steroid dienone is 2. The Balaban J connectivity index is 1.61. The number of hydrogen-bond donors (Lipinski definition) is 0. The summed E-state index contributed by atoms with van der Waals surface area (Å²) in [6.45, 7) is 0. The summed E-state index contributed by atoms with van der Waals surface area (Å²) in [5.41, 5.74) is 1.69. The van der Waals surface area contributed by atoms with Crippen LogP contribution in [0.2, 0.25) is 0 Å². The molecule has 2 aliphatic rings. The van der Waals surface area contributed by atoms with E-state index in [-0.39, 0.29) is 18.2 Å². The van der Waals surface area contributed by atoms with Crippen LogP contribution in [0.5, 0.6) is 0 Å². The van der Waals surface area contributed by atoms with Crippen LogP contribution in [-0.2, 0) is 15.8 Å². The van der Waals surface area contributed by atoms with Gasteiger partial charge in [-0.15, -0.1) is 0 Å². The van der Waals surface area contributed by atoms with Gasteiger partial charge in [-0.25, -0.2) is 0 Å². The fourth-order valence-corrected chi connectivity index (χ4v) is 4.91. The van der Waals surface area contributed by atoms with Gasteiger partial charge in [0.25, 0.3) is 0 Å². The minimum Gasteiger partial charge on any atom is -0.274 e. The Labute approximate surface area is 189 Å². The highest BCUT2D eigenvalue weighted by atomic mass is 19.4. The maximum absolute atomic E-state index is 13.5. The van der Waals surface area contributed by atoms with Gasteiger partial charge in [-0.3, -0.25) is 14.5 Å². The lowest BCUT2D eigenvalue weighted by Crippen LogP contribution is -2.31. The Bertz CT molecular complexity index is 1230. The van der Waals surface area contributed by atoms with Crippen LogP contribution in [0.4, 0.5) is 18.9 Å². The normalized spacial score (nSPS) is 22.8. The molecule has 1 heterocycles. The minimum absolute atomic E-state index is 0.212. The molecule has 5 rings (SSSR count). The molecule has 1 saturated heterocycles. The molecule has 6 heteroatoms. The van der Waals surface area contributed by atoms with Crippen LogP contribution in [0.1, 0.15) is 29.0 Å². The van der Waals surface area contributed by atoms with Crippen molar-refractivity contribution in [3.63, 3.8) is 0 Å². The molecule has 3 aromatic carbocycles. The van der Waals surface area contributed by atoms with Crippen molar-refractivity contribution in [1.29, 1.82) is 0 Å². The molecule has 0 aromatic heterocycles. The summed E-state index contributed by atoms with van der Waals surface area (Å²) in [6.07, 6.45) is -2.38. The molecule has 3 aromatic rings. The van der Waals surface area contributed by atoms with Crippen LogP contribution in [0.25, 0.3) is 5.57 Å². The maximum atomic E-state index is 13.5. The summed E-state index contributed by atoms with van der Waals surface area (Å²) in [5, 5.41) is 0. The van der Waals surface area contributed by atoms with E-state index in [2.05, 4.69) is 0 Å². The molecule has 33 heavy (non-hydrogen) atoms. The zero-order chi connectivity index (χ0) is 23.2. The molecule has 3 nitrogen and oxygen atoms in total. The molecule has 0 spiro atoms. The number of para-hydroxylation sites is 1. The number of carbonyl (C=O) groups is 2. The zero-order valence-electron chi connectivity index (χ0n) is 17.5. The third kappa shape index (κ3) is 3.75. The Hall–Kier alpha value is -3.67. The summed E-state index contributed by atoms with van der Waals surface area (Å²) in [4.78, 5) is 28.1. The second-order valence-electron chi connectivity index (χ2n) is 8.39. The van der Waals surface area contributed by atoms with E-state index >= 15 is 0 Å². The molecule has 2 amide bonds. The first-order chi connectivity index (χ1) is 15.8. The Morgan fingerprint density at radius 1 is 0.788 bits per heavy atom. The van der Waals surface area contributed by atoms with Gasteiger partial charge < -0.3 is 0 Å². The fourth-order valence-electron chi connectivity index (χ4n) is 4.91. The largest absolute Gasteiger partial charge is 0.416 e. The lowest BCUT2D eigenvalue weighted by molar-refractivity contribution is -0.137. The zero-order valence-corrected chi connectivity index (χ0v) is 17.5. The molecule has 1 fully saturated rings. The summed E-state index contributed by atoms with van der Waals surface area (Å²) in [6, 6.07) is 23.2. The summed E-state index contributed by atoms with van der Waals surface area (Å²) in [7, 11) is 0. The maximum Gasteiger partial charge on any atom is 0.416 e. The topological polar surface area (TPSA) is 37.4 Å². The van der Waals surface area contributed by atoms with E-state index in [0.717, 1.165) is 17.7 Å². The molecule has 0 bridgehead atoms. The molecule has 0 unspecified atom stereocenters. The second-order valence-corrected chi connectivity index (χ2v) is 8.39. The SMILES string of the molecule is O=C1[C@H]2[C@H](CC(c3cccc(C(F)(F)F)c3)=C[C@H]2c2ccccc2)C(=O)N1c1ccccc1. The standard InChI is InChI=1S/C27H20F3NO2/c28-27(29,30)20-11-7-10-18(14-20)19-15-22(17-8-3-1-4-9-17)24-23(16-19)25(32)31(26(24)33)21-12-5-2-6-13-21/h1-15,22-24H,16H2/t22-,23-,24+/m0/s1. The number of alkyl halides is 3. The average Bonchev–Trinajstić information content (AvgIpc) is 3.09. The molecule has 0 radical (unpaired) electrons. The van der Waals surface area contributed by atoms with Crippen molar-refractivity contribution in [2.24, 2.45) is 11.8 Å². The van der Waals surface area contributed by atoms with E-state index < -0.39 is 29.5 Å². The van der Waals surface area contributed by atoms with E-state index in [1.807, 2.05) is 42.5 Å². The summed E-state index contributed by atoms with van der Waals surface area (Å²) in [5.74, 6) is -2.24. The lowest BCUT2D eigenvalue weighted by atomic mass is 9.70. The fraction of sp³-hybridized carbons (Fsp3) is 0.185. The first kappa shape index (κ1) is 21.2. The number of benzene rings is 3. The van der Waals surface area contributed by atoms with Gasteiger partial charge in [0, 0.05) is 5.92 Å². The Morgan fingerprint density at radius 2 is 1.45 bits per heavy atom. The van der Waals surface area contributed by atoms with Crippen molar-refractivity contribution in [3.8, 4) is 0 Å². The minimum atomic E-state index is -4.46. The first-order valence-electron chi connectivity index (χ1n) is 10.7. The van der Waals surface area contributed by atoms with Crippen LogP contribution in [0, 0.1) is 11.8 Å². The van der Waals surface area contributed by atoms with Crippen molar-refractivity contribution in [2.75, 3.05) is 4.90 Å². The van der Waals surface area contributed by atoms with Crippen molar-refractivity contribution < 1.29 is 22.8 Å². The number of carbonyl (C=O) groups excluding carboxylic acids is 2. The molecule has 0 N–H and O–H groups in total. The predicted molar refractivity (Wildman–Crippen MR) is 119 cm³/mol. The van der Waals surface area contributed by atoms with Crippen molar-refractivity contribution in [2.45, 2.75) is 18.5 Å². The van der Waals surface area contributed by atoms with Gasteiger partial charge in [-0.05, 0) is 47.4 Å². The number of rotatable bonds is 3. The average molecular weight is 447 g/mol. The van der Waals surface area contributed by atoms with Gasteiger partial charge in [0.15, 0.2) is 0 Å². The highest BCUT2D eigenvalue weighted by Gasteiger charge is 2.53. The van der Waals surface area contributed by atoms with Gasteiger partial charge in [0.2, 0.25) is 11.8 Å². The number of imide groups is 1. The third-order valence-electron chi connectivity index (χ3n) is 6.44. The first-order valence-corrected chi connectivity index (χ1v) is 10.7. The number of amides is 2. The van der Waals surface area contributed by atoms with E-state index in [1.54, 1.807) is 30.3 Å². The number of hydrogen-bond acceptors (Lipinski definition) is 2.